The Morgan fingerprint density at radius 3 is 2.90 bits per heavy atom. The predicted molar refractivity (Wildman–Crippen MR) is 82.5 cm³/mol. The van der Waals surface area contributed by atoms with Crippen molar-refractivity contribution in [2.24, 2.45) is 5.92 Å². The Bertz CT molecular complexity index is 499. The van der Waals surface area contributed by atoms with Gasteiger partial charge in [-0.1, -0.05) is 18.2 Å². The molecule has 1 aliphatic carbocycles. The maximum Gasteiger partial charge on any atom is 0.234 e. The molecule has 0 spiro atoms. The highest BCUT2D eigenvalue weighted by atomic mass is 16.5. The molecule has 4 heteroatoms. The molecule has 114 valence electrons. The van der Waals surface area contributed by atoms with E-state index < -0.39 is 0 Å². The van der Waals surface area contributed by atoms with E-state index in [1.807, 2.05) is 12.1 Å². The lowest BCUT2D eigenvalue weighted by atomic mass is 9.97. The number of benzene rings is 1. The Kier molecular flexibility index (Phi) is 4.44. The Morgan fingerprint density at radius 1 is 1.33 bits per heavy atom. The summed E-state index contributed by atoms with van der Waals surface area (Å²) in [6.07, 6.45) is 3.65. The highest BCUT2D eigenvalue weighted by molar-refractivity contribution is 5.78. The second kappa shape index (κ2) is 6.48. The summed E-state index contributed by atoms with van der Waals surface area (Å²) in [4.78, 5) is 14.2. The molecule has 1 atom stereocenters. The van der Waals surface area contributed by atoms with Gasteiger partial charge in [-0.15, -0.1) is 0 Å². The van der Waals surface area contributed by atoms with Crippen LogP contribution >= 0.6 is 0 Å². The van der Waals surface area contributed by atoms with Crippen LogP contribution in [-0.4, -0.2) is 44.1 Å². The smallest absolute Gasteiger partial charge is 0.234 e. The lowest BCUT2D eigenvalue weighted by Gasteiger charge is -2.17. The zero-order valence-corrected chi connectivity index (χ0v) is 12.7. The highest BCUT2D eigenvalue weighted by Gasteiger charge is 2.27. The third kappa shape index (κ3) is 3.76. The molecule has 1 aromatic carbocycles. The van der Waals surface area contributed by atoms with E-state index in [4.69, 9.17) is 4.74 Å². The molecule has 1 aromatic rings. The normalized spacial score (nSPS) is 22.2. The molecule has 2 aliphatic rings. The van der Waals surface area contributed by atoms with Gasteiger partial charge in [-0.25, -0.2) is 0 Å². The molecule has 1 heterocycles. The van der Waals surface area contributed by atoms with E-state index >= 15 is 0 Å². The summed E-state index contributed by atoms with van der Waals surface area (Å²) >= 11 is 0. The van der Waals surface area contributed by atoms with Gasteiger partial charge in [-0.2, -0.15) is 0 Å². The molecule has 1 aliphatic heterocycles. The van der Waals surface area contributed by atoms with Crippen LogP contribution in [0.25, 0.3) is 0 Å². The van der Waals surface area contributed by atoms with Gasteiger partial charge in [0.25, 0.3) is 0 Å². The predicted octanol–water partition coefficient (Wildman–Crippen LogP) is 2.01. The minimum Gasteiger partial charge on any atom is -0.496 e. The fourth-order valence-corrected chi connectivity index (χ4v) is 3.07. The van der Waals surface area contributed by atoms with E-state index in [2.05, 4.69) is 22.3 Å². The number of para-hydroxylation sites is 1. The van der Waals surface area contributed by atoms with Crippen LogP contribution in [0, 0.1) is 5.92 Å². The average Bonchev–Trinajstić information content (AvgIpc) is 3.23. The molecule has 1 saturated carbocycles. The number of rotatable bonds is 6. The Balaban J connectivity index is 1.51. The second-order valence-electron chi connectivity index (χ2n) is 6.21. The van der Waals surface area contributed by atoms with Crippen molar-refractivity contribution >= 4 is 5.91 Å². The molecule has 1 N–H and O–H groups in total. The van der Waals surface area contributed by atoms with E-state index in [0.717, 1.165) is 37.7 Å². The summed E-state index contributed by atoms with van der Waals surface area (Å²) in [7, 11) is 1.72. The number of nitrogens with zero attached hydrogens (tertiary/aromatic N) is 1. The quantitative estimate of drug-likeness (QED) is 0.870. The lowest BCUT2D eigenvalue weighted by molar-refractivity contribution is -0.122. The van der Waals surface area contributed by atoms with Crippen LogP contribution in [0.2, 0.25) is 0 Å². The van der Waals surface area contributed by atoms with Crippen molar-refractivity contribution in [2.75, 3.05) is 33.3 Å². The molecule has 0 bridgehead atoms. The van der Waals surface area contributed by atoms with E-state index in [1.165, 1.54) is 18.4 Å². The Hall–Kier alpha value is -1.55. The lowest BCUT2D eigenvalue weighted by Crippen LogP contribution is -2.36. The van der Waals surface area contributed by atoms with Gasteiger partial charge in [0.2, 0.25) is 5.91 Å². The maximum atomic E-state index is 11.9. The van der Waals surface area contributed by atoms with Gasteiger partial charge in [-0.05, 0) is 43.4 Å². The number of likely N-dealkylation sites (tertiary alicyclic amines) is 1. The number of hydrogen-bond donors (Lipinski definition) is 1. The number of methoxy groups -OCH3 is 1. The SMILES string of the molecule is COc1ccccc1C1CCN(CC(=O)NCC2CC2)C1. The van der Waals surface area contributed by atoms with Crippen LogP contribution in [0.1, 0.15) is 30.7 Å². The van der Waals surface area contributed by atoms with Gasteiger partial charge in [-0.3, -0.25) is 9.69 Å². The van der Waals surface area contributed by atoms with Crippen molar-refractivity contribution < 1.29 is 9.53 Å². The standard InChI is InChI=1S/C17H24N2O2/c1-21-16-5-3-2-4-15(16)14-8-9-19(11-14)12-17(20)18-10-13-6-7-13/h2-5,13-14H,6-12H2,1H3,(H,18,20). The van der Waals surface area contributed by atoms with Gasteiger partial charge in [0.05, 0.1) is 13.7 Å². The molecular formula is C17H24N2O2. The van der Waals surface area contributed by atoms with E-state index in [1.54, 1.807) is 7.11 Å². The summed E-state index contributed by atoms with van der Waals surface area (Å²) in [5.41, 5.74) is 1.26. The zero-order chi connectivity index (χ0) is 14.7. The van der Waals surface area contributed by atoms with Gasteiger partial charge < -0.3 is 10.1 Å². The van der Waals surface area contributed by atoms with Crippen LogP contribution in [0.4, 0.5) is 0 Å². The van der Waals surface area contributed by atoms with Crippen molar-refractivity contribution in [1.82, 2.24) is 10.2 Å². The van der Waals surface area contributed by atoms with Crippen LogP contribution < -0.4 is 10.1 Å². The second-order valence-corrected chi connectivity index (χ2v) is 6.21. The minimum atomic E-state index is 0.169. The van der Waals surface area contributed by atoms with Gasteiger partial charge in [0.1, 0.15) is 5.75 Å². The monoisotopic (exact) mass is 288 g/mol. The zero-order valence-electron chi connectivity index (χ0n) is 12.7. The molecule has 1 amide bonds. The summed E-state index contributed by atoms with van der Waals surface area (Å²) in [5, 5.41) is 3.04. The average molecular weight is 288 g/mol. The third-order valence-electron chi connectivity index (χ3n) is 4.50. The molecule has 2 fully saturated rings. The highest BCUT2D eigenvalue weighted by Crippen LogP contribution is 2.33. The molecule has 1 unspecified atom stereocenters. The number of carbonyl (C=O) groups excluding carboxylic acids is 1. The first kappa shape index (κ1) is 14.4. The molecule has 0 aromatic heterocycles. The first-order valence-electron chi connectivity index (χ1n) is 7.88. The number of carbonyl (C=O) groups is 1. The summed E-state index contributed by atoms with van der Waals surface area (Å²) in [6.45, 7) is 3.32. The Morgan fingerprint density at radius 2 is 2.14 bits per heavy atom. The molecule has 4 nitrogen and oxygen atoms in total. The van der Waals surface area contributed by atoms with Crippen molar-refractivity contribution in [3.8, 4) is 5.75 Å². The van der Waals surface area contributed by atoms with E-state index in [0.29, 0.717) is 12.5 Å². The van der Waals surface area contributed by atoms with Crippen LogP contribution in [0.3, 0.4) is 0 Å². The van der Waals surface area contributed by atoms with E-state index in [9.17, 15) is 4.79 Å². The molecule has 0 radical (unpaired) electrons. The van der Waals surface area contributed by atoms with Gasteiger partial charge >= 0.3 is 0 Å². The van der Waals surface area contributed by atoms with Crippen LogP contribution in [0.15, 0.2) is 24.3 Å². The van der Waals surface area contributed by atoms with Crippen LogP contribution in [-0.2, 0) is 4.79 Å². The van der Waals surface area contributed by atoms with Gasteiger partial charge in [0, 0.05) is 19.0 Å². The number of amides is 1. The van der Waals surface area contributed by atoms with E-state index in [-0.39, 0.29) is 5.91 Å². The summed E-state index contributed by atoms with van der Waals surface area (Å²) in [6, 6.07) is 8.21. The summed E-state index contributed by atoms with van der Waals surface area (Å²) < 4.78 is 5.45. The topological polar surface area (TPSA) is 41.6 Å². The third-order valence-corrected chi connectivity index (χ3v) is 4.50. The Labute approximate surface area is 126 Å². The van der Waals surface area contributed by atoms with Gasteiger partial charge in [0.15, 0.2) is 0 Å². The largest absolute Gasteiger partial charge is 0.496 e. The van der Waals surface area contributed by atoms with Crippen molar-refractivity contribution in [3.05, 3.63) is 29.8 Å². The molecular weight excluding hydrogens is 264 g/mol. The maximum absolute atomic E-state index is 11.9. The van der Waals surface area contributed by atoms with Crippen molar-refractivity contribution in [3.63, 3.8) is 0 Å². The van der Waals surface area contributed by atoms with Crippen molar-refractivity contribution in [2.45, 2.75) is 25.2 Å². The number of hydrogen-bond acceptors (Lipinski definition) is 3. The van der Waals surface area contributed by atoms with Crippen molar-refractivity contribution in [1.29, 1.82) is 0 Å². The first-order chi connectivity index (χ1) is 10.3. The fraction of sp³-hybridized carbons (Fsp3) is 0.588. The molecule has 21 heavy (non-hydrogen) atoms. The molecule has 3 rings (SSSR count). The number of ether oxygens (including phenoxy) is 1. The first-order valence-corrected chi connectivity index (χ1v) is 7.88. The number of nitrogens with one attached hydrogen (secondary N) is 1. The molecule has 1 saturated heterocycles. The minimum absolute atomic E-state index is 0.169. The fourth-order valence-electron chi connectivity index (χ4n) is 3.07. The summed E-state index contributed by atoms with van der Waals surface area (Å²) in [5.74, 6) is 2.34. The van der Waals surface area contributed by atoms with Crippen LogP contribution in [0.5, 0.6) is 5.75 Å².